The molecule has 2 rings (SSSR count). The molecule has 1 unspecified atom stereocenters. The normalized spacial score (nSPS) is 23.1. The molecule has 0 saturated carbocycles. The summed E-state index contributed by atoms with van der Waals surface area (Å²) in [5, 5.41) is 19.8. The summed E-state index contributed by atoms with van der Waals surface area (Å²) < 4.78 is 6.10. The van der Waals surface area contributed by atoms with E-state index in [1.807, 2.05) is 6.07 Å². The van der Waals surface area contributed by atoms with Crippen LogP contribution in [-0.2, 0) is 6.42 Å². The summed E-state index contributed by atoms with van der Waals surface area (Å²) in [4.78, 5) is 0. The Morgan fingerprint density at radius 1 is 1.29 bits per heavy atom. The van der Waals surface area contributed by atoms with E-state index in [4.69, 9.17) is 4.74 Å². The summed E-state index contributed by atoms with van der Waals surface area (Å²) in [5.74, 6) is 1.46. The monoisotopic (exact) mass is 394 g/mol. The summed E-state index contributed by atoms with van der Waals surface area (Å²) in [6.07, 6.45) is 3.57. The van der Waals surface area contributed by atoms with Crippen molar-refractivity contribution in [3.05, 3.63) is 46.0 Å². The van der Waals surface area contributed by atoms with Gasteiger partial charge in [-0.05, 0) is 70.6 Å². The number of phenolic OH excluding ortho intramolecular Hbond substituents is 1. The average molecular weight is 395 g/mol. The maximum atomic E-state index is 10.3. The molecular formula is C20H27BrO3. The highest BCUT2D eigenvalue weighted by Gasteiger charge is 2.41. The molecule has 1 aliphatic rings. The lowest BCUT2D eigenvalue weighted by Crippen LogP contribution is -2.38. The predicted molar refractivity (Wildman–Crippen MR) is 101 cm³/mol. The molecule has 1 aromatic carbocycles. The second-order valence-electron chi connectivity index (χ2n) is 7.22. The molecule has 0 heterocycles. The van der Waals surface area contributed by atoms with Gasteiger partial charge < -0.3 is 14.9 Å². The van der Waals surface area contributed by atoms with Gasteiger partial charge in [-0.1, -0.05) is 37.6 Å². The van der Waals surface area contributed by atoms with Crippen molar-refractivity contribution in [3.8, 4) is 11.5 Å². The minimum atomic E-state index is -0.0502. The van der Waals surface area contributed by atoms with E-state index in [9.17, 15) is 10.2 Å². The van der Waals surface area contributed by atoms with E-state index in [2.05, 4.69) is 49.4 Å². The fraction of sp³-hybridized carbons (Fsp3) is 0.500. The molecule has 24 heavy (non-hydrogen) atoms. The second-order valence-corrected chi connectivity index (χ2v) is 8.08. The van der Waals surface area contributed by atoms with Crippen LogP contribution in [0.5, 0.6) is 11.5 Å². The molecule has 132 valence electrons. The second kappa shape index (κ2) is 7.32. The van der Waals surface area contributed by atoms with Crippen LogP contribution in [-0.4, -0.2) is 23.9 Å². The Morgan fingerprint density at radius 2 is 1.96 bits per heavy atom. The largest absolute Gasteiger partial charge is 0.508 e. The van der Waals surface area contributed by atoms with Crippen LogP contribution in [0.25, 0.3) is 0 Å². The van der Waals surface area contributed by atoms with Crippen LogP contribution < -0.4 is 4.74 Å². The van der Waals surface area contributed by atoms with E-state index in [1.54, 1.807) is 13.2 Å². The third-order valence-electron chi connectivity index (χ3n) is 5.40. The topological polar surface area (TPSA) is 49.7 Å². The first kappa shape index (κ1) is 19.1. The van der Waals surface area contributed by atoms with Gasteiger partial charge in [-0.15, -0.1) is 0 Å². The Kier molecular flexibility index (Phi) is 5.82. The zero-order chi connectivity index (χ0) is 18.1. The van der Waals surface area contributed by atoms with Gasteiger partial charge in [0.15, 0.2) is 0 Å². The number of aliphatic hydroxyl groups excluding tert-OH is 1. The molecule has 2 atom stereocenters. The highest BCUT2D eigenvalue weighted by Crippen LogP contribution is 2.50. The summed E-state index contributed by atoms with van der Waals surface area (Å²) >= 11 is 3.40. The lowest BCUT2D eigenvalue weighted by molar-refractivity contribution is 0.124. The molecule has 1 aromatic rings. The fourth-order valence-electron chi connectivity index (χ4n) is 4.05. The number of allylic oxidation sites excluding steroid dienone is 3. The molecule has 0 bridgehead atoms. The number of phenols is 1. The van der Waals surface area contributed by atoms with Gasteiger partial charge in [0.1, 0.15) is 11.5 Å². The molecule has 0 fully saturated rings. The summed E-state index contributed by atoms with van der Waals surface area (Å²) in [7, 11) is 1.62. The van der Waals surface area contributed by atoms with E-state index in [-0.39, 0.29) is 23.7 Å². The van der Waals surface area contributed by atoms with E-state index in [1.165, 1.54) is 5.57 Å². The van der Waals surface area contributed by atoms with Crippen molar-refractivity contribution in [1.29, 1.82) is 0 Å². The van der Waals surface area contributed by atoms with Gasteiger partial charge in [0.2, 0.25) is 0 Å². The van der Waals surface area contributed by atoms with Gasteiger partial charge in [0.25, 0.3) is 0 Å². The van der Waals surface area contributed by atoms with Crippen molar-refractivity contribution in [2.24, 2.45) is 17.3 Å². The first-order valence-corrected chi connectivity index (χ1v) is 9.04. The maximum Gasteiger partial charge on any atom is 0.133 e. The highest BCUT2D eigenvalue weighted by molar-refractivity contribution is 9.10. The Morgan fingerprint density at radius 3 is 2.54 bits per heavy atom. The number of rotatable bonds is 5. The predicted octanol–water partition coefficient (Wildman–Crippen LogP) is 4.86. The third-order valence-corrected chi connectivity index (χ3v) is 6.02. The van der Waals surface area contributed by atoms with E-state index in [0.29, 0.717) is 18.1 Å². The summed E-state index contributed by atoms with van der Waals surface area (Å²) in [6, 6.07) is 3.56. The van der Waals surface area contributed by atoms with Crippen molar-refractivity contribution < 1.29 is 14.9 Å². The lowest BCUT2D eigenvalue weighted by Gasteiger charge is -2.46. The van der Waals surface area contributed by atoms with Crippen LogP contribution in [0.3, 0.4) is 0 Å². The Bertz CT molecular complexity index is 661. The average Bonchev–Trinajstić information content (AvgIpc) is 2.49. The SMILES string of the molecule is C=C1C=C(C)C(CCO)C(C)(C)[C@@H]1Cc1cc(OC)c(Br)cc1O. The quantitative estimate of drug-likeness (QED) is 0.749. The molecule has 0 saturated heterocycles. The molecule has 1 aliphatic carbocycles. The number of ether oxygens (including phenoxy) is 1. The van der Waals surface area contributed by atoms with Crippen LogP contribution in [0.1, 0.15) is 32.8 Å². The summed E-state index contributed by atoms with van der Waals surface area (Å²) in [6.45, 7) is 11.0. The van der Waals surface area contributed by atoms with E-state index < -0.39 is 0 Å². The standard InChI is InChI=1S/C20H27BrO3/c1-12-8-13(2)16(20(3,4)15(12)6-7-22)9-14-10-19(24-5)17(21)11-18(14)23/h8,10-11,15-16,22-23H,2,6-7,9H2,1,3-5H3/t15?,16-/m1/s1. The van der Waals surface area contributed by atoms with Crippen molar-refractivity contribution in [3.63, 3.8) is 0 Å². The summed E-state index contributed by atoms with van der Waals surface area (Å²) in [5.41, 5.74) is 3.15. The van der Waals surface area contributed by atoms with Crippen molar-refractivity contribution in [1.82, 2.24) is 0 Å². The van der Waals surface area contributed by atoms with Gasteiger partial charge in [0, 0.05) is 6.61 Å². The number of hydrogen-bond donors (Lipinski definition) is 2. The zero-order valence-corrected chi connectivity index (χ0v) is 16.5. The molecule has 3 nitrogen and oxygen atoms in total. The highest BCUT2D eigenvalue weighted by atomic mass is 79.9. The molecule has 0 aliphatic heterocycles. The first-order valence-electron chi connectivity index (χ1n) is 8.25. The smallest absolute Gasteiger partial charge is 0.133 e. The van der Waals surface area contributed by atoms with Gasteiger partial charge in [-0.3, -0.25) is 0 Å². The fourth-order valence-corrected chi connectivity index (χ4v) is 4.54. The lowest BCUT2D eigenvalue weighted by atomic mass is 9.59. The van der Waals surface area contributed by atoms with Crippen molar-refractivity contribution >= 4 is 15.9 Å². The van der Waals surface area contributed by atoms with Crippen molar-refractivity contribution in [2.45, 2.75) is 33.6 Å². The molecule has 2 N–H and O–H groups in total. The number of hydrogen-bond acceptors (Lipinski definition) is 3. The minimum Gasteiger partial charge on any atom is -0.508 e. The molecule has 0 amide bonds. The number of aliphatic hydroxyl groups is 1. The molecule has 0 spiro atoms. The van der Waals surface area contributed by atoms with E-state index >= 15 is 0 Å². The van der Waals surface area contributed by atoms with Crippen LogP contribution in [0.2, 0.25) is 0 Å². The van der Waals surface area contributed by atoms with Crippen LogP contribution in [0, 0.1) is 17.3 Å². The van der Waals surface area contributed by atoms with Crippen molar-refractivity contribution in [2.75, 3.05) is 13.7 Å². The van der Waals surface area contributed by atoms with Crippen LogP contribution in [0.4, 0.5) is 0 Å². The van der Waals surface area contributed by atoms with E-state index in [0.717, 1.165) is 22.0 Å². The number of halogens is 1. The molecule has 0 aromatic heterocycles. The van der Waals surface area contributed by atoms with Gasteiger partial charge in [0.05, 0.1) is 11.6 Å². The maximum absolute atomic E-state index is 10.3. The van der Waals surface area contributed by atoms with Gasteiger partial charge in [-0.2, -0.15) is 0 Å². The Balaban J connectivity index is 2.40. The molecule has 0 radical (unpaired) electrons. The zero-order valence-electron chi connectivity index (χ0n) is 14.9. The number of methoxy groups -OCH3 is 1. The van der Waals surface area contributed by atoms with Gasteiger partial charge in [-0.25, -0.2) is 0 Å². The third kappa shape index (κ3) is 3.55. The minimum absolute atomic E-state index is 0.0502. The number of aromatic hydroxyl groups is 1. The molecule has 4 heteroatoms. The van der Waals surface area contributed by atoms with Crippen LogP contribution >= 0.6 is 15.9 Å². The first-order chi connectivity index (χ1) is 11.2. The number of benzene rings is 1. The Hall–Kier alpha value is -1.26. The Labute approximate surface area is 153 Å². The van der Waals surface area contributed by atoms with Gasteiger partial charge >= 0.3 is 0 Å². The molecular weight excluding hydrogens is 368 g/mol. The van der Waals surface area contributed by atoms with Crippen LogP contribution in [0.15, 0.2) is 40.4 Å².